The van der Waals surface area contributed by atoms with E-state index in [1.165, 1.54) is 15.9 Å². The summed E-state index contributed by atoms with van der Waals surface area (Å²) in [6.07, 6.45) is 0. The maximum absolute atomic E-state index is 4.40. The molecule has 0 aliphatic carbocycles. The monoisotopic (exact) mass is 224 g/mol. The van der Waals surface area contributed by atoms with Gasteiger partial charge < -0.3 is 0 Å². The molecule has 0 radical (unpaired) electrons. The lowest BCUT2D eigenvalue weighted by Crippen LogP contribution is -1.63. The van der Waals surface area contributed by atoms with Crippen LogP contribution in [0.25, 0.3) is 10.2 Å². The SMILES string of the molecule is S=NC#Sc1nc2ccccc2s1. The summed E-state index contributed by atoms with van der Waals surface area (Å²) in [6.45, 7) is 0. The van der Waals surface area contributed by atoms with Crippen molar-refractivity contribution in [2.24, 2.45) is 4.36 Å². The van der Waals surface area contributed by atoms with Crippen LogP contribution in [0.3, 0.4) is 0 Å². The molecule has 0 spiro atoms. The molecule has 2 aromatic rings. The quantitative estimate of drug-likeness (QED) is 0.687. The Bertz CT molecular complexity index is 474. The van der Waals surface area contributed by atoms with Crippen molar-refractivity contribution in [1.29, 1.82) is 0 Å². The molecule has 13 heavy (non-hydrogen) atoms. The Hall–Kier alpha value is -0.870. The molecule has 1 heterocycles. The number of aromatic nitrogens is 1. The third kappa shape index (κ3) is 1.89. The molecule has 0 N–H and O–H groups in total. The molecule has 5 heteroatoms. The van der Waals surface area contributed by atoms with Gasteiger partial charge in [-0.2, -0.15) is 0 Å². The molecule has 0 fully saturated rings. The molecule has 1 aromatic heterocycles. The second-order valence-electron chi connectivity index (χ2n) is 2.23. The van der Waals surface area contributed by atoms with Crippen molar-refractivity contribution in [3.05, 3.63) is 24.3 Å². The largest absolute Gasteiger partial charge is 0.226 e. The molecule has 0 aliphatic heterocycles. The number of fused-ring (bicyclic) bond motifs is 1. The summed E-state index contributed by atoms with van der Waals surface area (Å²) in [6, 6.07) is 8.00. The van der Waals surface area contributed by atoms with Crippen molar-refractivity contribution in [2.75, 3.05) is 0 Å². The van der Waals surface area contributed by atoms with Gasteiger partial charge in [0.05, 0.1) is 28.0 Å². The first kappa shape index (κ1) is 8.72. The standard InChI is InChI=1S/C8H4N2S3/c11-9-5-12-8-10-6-3-1-2-4-7(6)13-8/h1-4H. The first-order valence-electron chi connectivity index (χ1n) is 3.50. The van der Waals surface area contributed by atoms with Crippen LogP contribution >= 0.6 is 22.5 Å². The summed E-state index contributed by atoms with van der Waals surface area (Å²) in [5.74, 6) is 0. The summed E-state index contributed by atoms with van der Waals surface area (Å²) >= 11 is 7.35. The second kappa shape index (κ2) is 3.89. The summed E-state index contributed by atoms with van der Waals surface area (Å²) in [4.78, 5) is 4.36. The van der Waals surface area contributed by atoms with Crippen molar-refractivity contribution in [2.45, 2.75) is 4.34 Å². The van der Waals surface area contributed by atoms with Crippen LogP contribution in [0.1, 0.15) is 0 Å². The van der Waals surface area contributed by atoms with Gasteiger partial charge in [-0.05, 0) is 23.3 Å². The fourth-order valence-electron chi connectivity index (χ4n) is 0.952. The third-order valence-electron chi connectivity index (χ3n) is 1.44. The van der Waals surface area contributed by atoms with Gasteiger partial charge in [-0.15, -0.1) is 15.7 Å². The van der Waals surface area contributed by atoms with Crippen LogP contribution in [0.4, 0.5) is 0 Å². The van der Waals surface area contributed by atoms with E-state index in [0.29, 0.717) is 0 Å². The topological polar surface area (TPSA) is 25.2 Å². The number of thiazole rings is 1. The lowest BCUT2D eigenvalue weighted by Gasteiger charge is -1.80. The fourth-order valence-corrected chi connectivity index (χ4v) is 2.57. The molecule has 0 amide bonds. The van der Waals surface area contributed by atoms with Crippen molar-refractivity contribution in [1.82, 2.24) is 4.98 Å². The summed E-state index contributed by atoms with van der Waals surface area (Å²) in [7, 11) is 0. The Labute approximate surface area is 88.4 Å². The highest BCUT2D eigenvalue weighted by atomic mass is 32.2. The molecule has 2 nitrogen and oxygen atoms in total. The molecule has 64 valence electrons. The maximum Gasteiger partial charge on any atom is 0.180 e. The van der Waals surface area contributed by atoms with E-state index in [-0.39, 0.29) is 0 Å². The minimum atomic E-state index is 0.926. The number of rotatable bonds is 0. The van der Waals surface area contributed by atoms with E-state index in [0.717, 1.165) is 9.86 Å². The molecule has 0 unspecified atom stereocenters. The third-order valence-corrected chi connectivity index (χ3v) is 3.43. The second-order valence-corrected chi connectivity index (χ2v) is 4.48. The van der Waals surface area contributed by atoms with Crippen LogP contribution in [-0.4, -0.2) is 4.98 Å². The van der Waals surface area contributed by atoms with E-state index in [9.17, 15) is 0 Å². The highest BCUT2D eigenvalue weighted by Crippen LogP contribution is 2.24. The Kier molecular flexibility index (Phi) is 2.61. The Morgan fingerprint density at radius 1 is 1.46 bits per heavy atom. The van der Waals surface area contributed by atoms with Crippen LogP contribution in [0, 0.1) is 5.31 Å². The van der Waals surface area contributed by atoms with E-state index < -0.39 is 0 Å². The lowest BCUT2D eigenvalue weighted by atomic mass is 10.3. The van der Waals surface area contributed by atoms with Crippen molar-refractivity contribution in [3.8, 4) is 5.31 Å². The molecular formula is C8H4N2S3. The molecular weight excluding hydrogens is 220 g/mol. The van der Waals surface area contributed by atoms with E-state index >= 15 is 0 Å². The van der Waals surface area contributed by atoms with Gasteiger partial charge in [0.15, 0.2) is 4.34 Å². The Balaban J connectivity index is 2.55. The summed E-state index contributed by atoms with van der Waals surface area (Å²) in [5.41, 5.74) is 1.01. The van der Waals surface area contributed by atoms with Gasteiger partial charge in [0.25, 0.3) is 0 Å². The van der Waals surface area contributed by atoms with Gasteiger partial charge >= 0.3 is 0 Å². The molecule has 0 bridgehead atoms. The average molecular weight is 224 g/mol. The zero-order valence-electron chi connectivity index (χ0n) is 6.43. The van der Waals surface area contributed by atoms with Gasteiger partial charge in [-0.25, -0.2) is 4.98 Å². The van der Waals surface area contributed by atoms with Crippen LogP contribution in [0.5, 0.6) is 0 Å². The average Bonchev–Trinajstić information content (AvgIpc) is 2.57. The predicted molar refractivity (Wildman–Crippen MR) is 59.2 cm³/mol. The lowest BCUT2D eigenvalue weighted by molar-refractivity contribution is 1.31. The number of para-hydroxylation sites is 1. The van der Waals surface area contributed by atoms with Gasteiger partial charge in [-0.3, -0.25) is 0 Å². The van der Waals surface area contributed by atoms with Crippen LogP contribution in [0.2, 0.25) is 0 Å². The minimum absolute atomic E-state index is 0.926. The Morgan fingerprint density at radius 2 is 2.31 bits per heavy atom. The molecule has 0 atom stereocenters. The molecule has 2 rings (SSSR count). The van der Waals surface area contributed by atoms with E-state index in [2.05, 4.69) is 27.1 Å². The van der Waals surface area contributed by atoms with Gasteiger partial charge in [-0.1, -0.05) is 12.1 Å². The zero-order valence-corrected chi connectivity index (χ0v) is 8.88. The first-order chi connectivity index (χ1) is 6.40. The van der Waals surface area contributed by atoms with Gasteiger partial charge in [0, 0.05) is 0 Å². The van der Waals surface area contributed by atoms with Crippen LogP contribution in [0.15, 0.2) is 33.0 Å². The highest BCUT2D eigenvalue weighted by molar-refractivity contribution is 7.91. The van der Waals surface area contributed by atoms with Crippen molar-refractivity contribution >= 4 is 45.1 Å². The minimum Gasteiger partial charge on any atom is -0.226 e. The highest BCUT2D eigenvalue weighted by Gasteiger charge is 1.98. The molecule has 0 saturated carbocycles. The number of nitrogens with zero attached hydrogens (tertiary/aromatic N) is 2. The molecule has 1 aromatic carbocycles. The number of hydrogen-bond donors (Lipinski definition) is 0. The zero-order chi connectivity index (χ0) is 9.10. The number of benzene rings is 1. The van der Waals surface area contributed by atoms with Gasteiger partial charge in [0.2, 0.25) is 0 Å². The maximum atomic E-state index is 4.40. The van der Waals surface area contributed by atoms with E-state index in [4.69, 9.17) is 0 Å². The van der Waals surface area contributed by atoms with Crippen molar-refractivity contribution in [3.63, 3.8) is 0 Å². The molecule has 0 saturated heterocycles. The molecule has 0 aliphatic rings. The first-order valence-corrected chi connectivity index (χ1v) is 5.50. The Morgan fingerprint density at radius 3 is 3.08 bits per heavy atom. The van der Waals surface area contributed by atoms with E-state index in [1.54, 1.807) is 11.3 Å². The van der Waals surface area contributed by atoms with E-state index in [1.807, 2.05) is 24.3 Å². The number of hydrogen-bond acceptors (Lipinski definition) is 4. The smallest absolute Gasteiger partial charge is 0.180 e. The predicted octanol–water partition coefficient (Wildman–Crippen LogP) is 3.04. The van der Waals surface area contributed by atoms with Crippen LogP contribution in [-0.2, 0) is 12.4 Å². The fraction of sp³-hybridized carbons (Fsp3) is 0. The van der Waals surface area contributed by atoms with Crippen molar-refractivity contribution < 1.29 is 0 Å². The summed E-state index contributed by atoms with van der Waals surface area (Å²) < 4.78 is 5.47. The summed E-state index contributed by atoms with van der Waals surface area (Å²) in [5, 5.41) is 2.63. The van der Waals surface area contributed by atoms with Crippen LogP contribution < -0.4 is 0 Å². The normalized spacial score (nSPS) is 9.54. The van der Waals surface area contributed by atoms with Gasteiger partial charge in [0.1, 0.15) is 0 Å².